The lowest BCUT2D eigenvalue weighted by Crippen LogP contribution is -2.40. The standard InChI is InChI=1S/C14H12Cl2N2O4S/c15-11-7-17-13(16)10-6-8(3-4-9(10)11)23(21,22)18-5-1-2-12(18)14(19)20/h3-4,6-7,12H,1-2,5H2,(H,19,20). The van der Waals surface area contributed by atoms with Crippen molar-refractivity contribution < 1.29 is 18.3 Å². The number of hydrogen-bond acceptors (Lipinski definition) is 4. The number of rotatable bonds is 3. The number of sulfonamides is 1. The van der Waals surface area contributed by atoms with Crippen LogP contribution in [-0.4, -0.2) is 41.4 Å². The van der Waals surface area contributed by atoms with E-state index in [9.17, 15) is 18.3 Å². The maximum Gasteiger partial charge on any atom is 0.322 e. The van der Waals surface area contributed by atoms with E-state index in [4.69, 9.17) is 23.2 Å². The fourth-order valence-corrected chi connectivity index (χ4v) is 4.82. The van der Waals surface area contributed by atoms with Gasteiger partial charge in [0.1, 0.15) is 11.2 Å². The third-order valence-corrected chi connectivity index (χ3v) is 6.36. The van der Waals surface area contributed by atoms with Crippen molar-refractivity contribution in [3.05, 3.63) is 34.6 Å². The van der Waals surface area contributed by atoms with E-state index in [2.05, 4.69) is 4.98 Å². The van der Waals surface area contributed by atoms with E-state index in [0.29, 0.717) is 28.6 Å². The summed E-state index contributed by atoms with van der Waals surface area (Å²) in [4.78, 5) is 15.1. The molecule has 0 spiro atoms. The molecular formula is C14H12Cl2N2O4S. The van der Waals surface area contributed by atoms with Crippen LogP contribution in [0.2, 0.25) is 10.2 Å². The number of hydrogen-bond donors (Lipinski definition) is 1. The highest BCUT2D eigenvalue weighted by Crippen LogP contribution is 2.32. The van der Waals surface area contributed by atoms with Gasteiger partial charge < -0.3 is 5.11 Å². The van der Waals surface area contributed by atoms with E-state index < -0.39 is 22.0 Å². The summed E-state index contributed by atoms with van der Waals surface area (Å²) in [5.74, 6) is -1.14. The Morgan fingerprint density at radius 3 is 2.74 bits per heavy atom. The second-order valence-corrected chi connectivity index (χ2v) is 7.87. The summed E-state index contributed by atoms with van der Waals surface area (Å²) < 4.78 is 26.5. The summed E-state index contributed by atoms with van der Waals surface area (Å²) in [6.07, 6.45) is 2.20. The summed E-state index contributed by atoms with van der Waals surface area (Å²) >= 11 is 12.0. The first-order valence-electron chi connectivity index (χ1n) is 6.81. The molecule has 1 aromatic carbocycles. The Labute approximate surface area is 142 Å². The first-order valence-corrected chi connectivity index (χ1v) is 9.00. The Morgan fingerprint density at radius 1 is 1.30 bits per heavy atom. The summed E-state index contributed by atoms with van der Waals surface area (Å²) in [5.41, 5.74) is 0. The normalized spacial score (nSPS) is 19.3. The first kappa shape index (κ1) is 16.4. The maximum absolute atomic E-state index is 12.8. The van der Waals surface area contributed by atoms with Crippen molar-refractivity contribution in [2.45, 2.75) is 23.8 Å². The Hall–Kier alpha value is -1.41. The molecule has 2 heterocycles. The van der Waals surface area contributed by atoms with Crippen molar-refractivity contribution in [2.75, 3.05) is 6.54 Å². The first-order chi connectivity index (χ1) is 10.8. The lowest BCUT2D eigenvalue weighted by molar-refractivity contribution is -0.140. The van der Waals surface area contributed by atoms with Crippen molar-refractivity contribution in [2.24, 2.45) is 0 Å². The number of aliphatic carboxylic acids is 1. The fraction of sp³-hybridized carbons (Fsp3) is 0.286. The zero-order valence-corrected chi connectivity index (χ0v) is 14.1. The molecule has 1 aliphatic rings. The highest BCUT2D eigenvalue weighted by atomic mass is 35.5. The molecule has 1 aromatic heterocycles. The zero-order valence-electron chi connectivity index (χ0n) is 11.7. The number of nitrogens with zero attached hydrogens (tertiary/aromatic N) is 2. The molecule has 0 bridgehead atoms. The van der Waals surface area contributed by atoms with E-state index in [1.54, 1.807) is 6.07 Å². The molecule has 1 atom stereocenters. The molecule has 0 amide bonds. The number of carbonyl (C=O) groups is 1. The van der Waals surface area contributed by atoms with Gasteiger partial charge in [0.2, 0.25) is 10.0 Å². The molecule has 1 N–H and O–H groups in total. The monoisotopic (exact) mass is 374 g/mol. The number of aromatic nitrogens is 1. The number of halogens is 2. The number of carboxylic acid groups (broad SMARTS) is 1. The second kappa shape index (κ2) is 5.90. The fourth-order valence-electron chi connectivity index (χ4n) is 2.73. The zero-order chi connectivity index (χ0) is 16.8. The van der Waals surface area contributed by atoms with Crippen LogP contribution in [-0.2, 0) is 14.8 Å². The Morgan fingerprint density at radius 2 is 2.04 bits per heavy atom. The smallest absolute Gasteiger partial charge is 0.322 e. The number of benzene rings is 1. The van der Waals surface area contributed by atoms with Crippen molar-refractivity contribution in [3.8, 4) is 0 Å². The van der Waals surface area contributed by atoms with Crippen LogP contribution in [0.3, 0.4) is 0 Å². The van der Waals surface area contributed by atoms with Crippen molar-refractivity contribution >= 4 is 50.0 Å². The molecule has 0 saturated carbocycles. The largest absolute Gasteiger partial charge is 0.480 e. The van der Waals surface area contributed by atoms with E-state index in [-0.39, 0.29) is 16.6 Å². The van der Waals surface area contributed by atoms with E-state index in [1.165, 1.54) is 18.3 Å². The molecule has 23 heavy (non-hydrogen) atoms. The summed E-state index contributed by atoms with van der Waals surface area (Å²) in [6, 6.07) is 3.29. The highest BCUT2D eigenvalue weighted by molar-refractivity contribution is 7.89. The van der Waals surface area contributed by atoms with Crippen molar-refractivity contribution in [1.29, 1.82) is 0 Å². The maximum atomic E-state index is 12.8. The third kappa shape index (κ3) is 2.78. The van der Waals surface area contributed by atoms with E-state index in [1.807, 2.05) is 0 Å². The van der Waals surface area contributed by atoms with Crippen LogP contribution in [0, 0.1) is 0 Å². The van der Waals surface area contributed by atoms with E-state index >= 15 is 0 Å². The number of pyridine rings is 1. The van der Waals surface area contributed by atoms with Crippen LogP contribution in [0.15, 0.2) is 29.3 Å². The minimum atomic E-state index is -3.93. The molecule has 6 nitrogen and oxygen atoms in total. The molecular weight excluding hydrogens is 363 g/mol. The van der Waals surface area contributed by atoms with Gasteiger partial charge in [-0.05, 0) is 25.0 Å². The van der Waals surface area contributed by atoms with Gasteiger partial charge in [-0.1, -0.05) is 29.3 Å². The molecule has 1 aliphatic heterocycles. The van der Waals surface area contributed by atoms with Crippen LogP contribution in [0.1, 0.15) is 12.8 Å². The molecule has 0 radical (unpaired) electrons. The van der Waals surface area contributed by atoms with Crippen LogP contribution < -0.4 is 0 Å². The SMILES string of the molecule is O=C(O)C1CCCN1S(=O)(=O)c1ccc2c(Cl)cnc(Cl)c2c1. The second-order valence-electron chi connectivity index (χ2n) is 5.22. The quantitative estimate of drug-likeness (QED) is 0.834. The Bertz CT molecular complexity index is 901. The molecule has 1 fully saturated rings. The van der Waals surface area contributed by atoms with Gasteiger partial charge in [0, 0.05) is 23.5 Å². The minimum Gasteiger partial charge on any atom is -0.480 e. The predicted molar refractivity (Wildman–Crippen MR) is 86.3 cm³/mol. The van der Waals surface area contributed by atoms with Gasteiger partial charge in [-0.2, -0.15) is 4.31 Å². The Balaban J connectivity index is 2.12. The highest BCUT2D eigenvalue weighted by Gasteiger charge is 2.39. The molecule has 2 aromatic rings. The summed E-state index contributed by atoms with van der Waals surface area (Å²) in [6.45, 7) is 0.179. The average molecular weight is 375 g/mol. The third-order valence-electron chi connectivity index (χ3n) is 3.86. The van der Waals surface area contributed by atoms with Crippen molar-refractivity contribution in [3.63, 3.8) is 0 Å². The van der Waals surface area contributed by atoms with E-state index in [0.717, 1.165) is 4.31 Å². The molecule has 1 saturated heterocycles. The van der Waals surface area contributed by atoms with Crippen LogP contribution >= 0.6 is 23.2 Å². The lowest BCUT2D eigenvalue weighted by atomic mass is 10.2. The van der Waals surface area contributed by atoms with Gasteiger partial charge in [-0.25, -0.2) is 13.4 Å². The molecule has 1 unspecified atom stereocenters. The predicted octanol–water partition coefficient (Wildman–Crippen LogP) is 2.78. The lowest BCUT2D eigenvalue weighted by Gasteiger charge is -2.21. The Kier molecular flexibility index (Phi) is 4.22. The molecule has 3 rings (SSSR count). The number of carboxylic acids is 1. The van der Waals surface area contributed by atoms with Gasteiger partial charge in [0.25, 0.3) is 0 Å². The summed E-state index contributed by atoms with van der Waals surface area (Å²) in [5, 5.41) is 10.7. The minimum absolute atomic E-state index is 0.0240. The van der Waals surface area contributed by atoms with Gasteiger partial charge >= 0.3 is 5.97 Å². The van der Waals surface area contributed by atoms with Gasteiger partial charge in [-0.15, -0.1) is 0 Å². The van der Waals surface area contributed by atoms with Gasteiger partial charge in [0.15, 0.2) is 0 Å². The molecule has 9 heteroatoms. The number of fused-ring (bicyclic) bond motifs is 1. The topological polar surface area (TPSA) is 87.6 Å². The molecule has 122 valence electrons. The summed E-state index contributed by atoms with van der Waals surface area (Å²) in [7, 11) is -3.93. The van der Waals surface area contributed by atoms with Crippen LogP contribution in [0.4, 0.5) is 0 Å². The van der Waals surface area contributed by atoms with Gasteiger partial charge in [-0.3, -0.25) is 4.79 Å². The molecule has 0 aliphatic carbocycles. The average Bonchev–Trinajstić information content (AvgIpc) is 3.01. The van der Waals surface area contributed by atoms with Crippen molar-refractivity contribution in [1.82, 2.24) is 9.29 Å². The van der Waals surface area contributed by atoms with Crippen LogP contribution in [0.25, 0.3) is 10.8 Å². The van der Waals surface area contributed by atoms with Crippen LogP contribution in [0.5, 0.6) is 0 Å². The van der Waals surface area contributed by atoms with Gasteiger partial charge in [0.05, 0.1) is 9.92 Å².